The van der Waals surface area contributed by atoms with Crippen LogP contribution < -0.4 is 15.4 Å². The van der Waals surface area contributed by atoms with Crippen molar-refractivity contribution < 1.29 is 9.53 Å². The predicted octanol–water partition coefficient (Wildman–Crippen LogP) is 7.89. The molecular weight excluding hydrogens is 530 g/mol. The van der Waals surface area contributed by atoms with Crippen LogP contribution in [-0.4, -0.2) is 15.9 Å². The van der Waals surface area contributed by atoms with Crippen LogP contribution >= 0.6 is 11.8 Å². The monoisotopic (exact) mass is 559 g/mol. The summed E-state index contributed by atoms with van der Waals surface area (Å²) in [4.78, 5) is 22.7. The molecule has 41 heavy (non-hydrogen) atoms. The van der Waals surface area contributed by atoms with Gasteiger partial charge in [-0.05, 0) is 78.7 Å². The van der Waals surface area contributed by atoms with E-state index in [9.17, 15) is 4.79 Å². The average molecular weight is 560 g/mol. The highest BCUT2D eigenvalue weighted by molar-refractivity contribution is 7.99. The second-order valence-corrected chi connectivity index (χ2v) is 10.6. The second kappa shape index (κ2) is 13.0. The molecule has 0 unspecified atom stereocenters. The number of aryl methyl sites for hydroxylation is 1. The van der Waals surface area contributed by atoms with Gasteiger partial charge in [0.15, 0.2) is 5.65 Å². The highest BCUT2D eigenvalue weighted by Gasteiger charge is 2.12. The van der Waals surface area contributed by atoms with Gasteiger partial charge in [-0.15, -0.1) is 0 Å². The normalized spacial score (nSPS) is 10.7. The zero-order chi connectivity index (χ0) is 28.6. The molecule has 2 N–H and O–H groups in total. The Hall–Kier alpha value is -4.87. The van der Waals surface area contributed by atoms with Crippen molar-refractivity contribution in [3.05, 3.63) is 108 Å². The largest absolute Gasteiger partial charge is 0.489 e. The van der Waals surface area contributed by atoms with Gasteiger partial charge in [-0.3, -0.25) is 4.79 Å². The smallest absolute Gasteiger partial charge is 0.221 e. The third-order valence-corrected chi connectivity index (χ3v) is 7.36. The van der Waals surface area contributed by atoms with Crippen LogP contribution in [0.1, 0.15) is 37.1 Å². The van der Waals surface area contributed by atoms with Gasteiger partial charge in [0.05, 0.1) is 23.0 Å². The van der Waals surface area contributed by atoms with Gasteiger partial charge in [0.1, 0.15) is 12.4 Å². The number of fused-ring (bicyclic) bond motifs is 1. The minimum Gasteiger partial charge on any atom is -0.489 e. The number of aromatic nitrogens is 2. The Kier molecular flexibility index (Phi) is 8.77. The summed E-state index contributed by atoms with van der Waals surface area (Å²) in [7, 11) is 0. The van der Waals surface area contributed by atoms with E-state index in [4.69, 9.17) is 15.0 Å². The molecule has 0 aliphatic heterocycles. The molecule has 2 heterocycles. The van der Waals surface area contributed by atoms with Crippen molar-refractivity contribution in [2.45, 2.75) is 43.1 Å². The van der Waals surface area contributed by atoms with E-state index in [0.29, 0.717) is 23.6 Å². The summed E-state index contributed by atoms with van der Waals surface area (Å²) < 4.78 is 6.13. The molecule has 0 aliphatic carbocycles. The minimum absolute atomic E-state index is 0.102. The molecule has 2 aromatic heterocycles. The van der Waals surface area contributed by atoms with E-state index >= 15 is 0 Å². The van der Waals surface area contributed by atoms with Crippen LogP contribution in [-0.2, 0) is 17.8 Å². The number of amides is 1. The Morgan fingerprint density at radius 3 is 2.51 bits per heavy atom. The molecule has 7 nitrogen and oxygen atoms in total. The third-order valence-electron chi connectivity index (χ3n) is 6.28. The third kappa shape index (κ3) is 7.21. The number of anilines is 3. The molecule has 1 amide bonds. The molecule has 8 heteroatoms. The summed E-state index contributed by atoms with van der Waals surface area (Å²) in [5, 5.41) is 16.4. The Balaban J connectivity index is 1.44. The van der Waals surface area contributed by atoms with Crippen LogP contribution in [0.3, 0.4) is 0 Å². The Morgan fingerprint density at radius 2 is 1.78 bits per heavy atom. The van der Waals surface area contributed by atoms with Gasteiger partial charge in [0, 0.05) is 45.7 Å². The number of rotatable bonds is 10. The molecule has 0 aliphatic rings. The molecule has 3 aromatic carbocycles. The van der Waals surface area contributed by atoms with E-state index in [1.807, 2.05) is 60.7 Å². The van der Waals surface area contributed by atoms with Crippen molar-refractivity contribution >= 4 is 45.8 Å². The van der Waals surface area contributed by atoms with Crippen LogP contribution in [0.4, 0.5) is 17.1 Å². The lowest BCUT2D eigenvalue weighted by molar-refractivity contribution is -0.114. The minimum atomic E-state index is -0.102. The van der Waals surface area contributed by atoms with Crippen LogP contribution in [0.15, 0.2) is 101 Å². The number of benzene rings is 3. The number of nitrogens with zero attached hydrogens (tertiary/aromatic N) is 3. The lowest BCUT2D eigenvalue weighted by Crippen LogP contribution is -2.05. The summed E-state index contributed by atoms with van der Waals surface area (Å²) >= 11 is 1.61. The Morgan fingerprint density at radius 1 is 0.976 bits per heavy atom. The van der Waals surface area contributed by atoms with Crippen molar-refractivity contribution in [3.63, 3.8) is 0 Å². The molecule has 0 fully saturated rings. The van der Waals surface area contributed by atoms with Crippen LogP contribution in [0, 0.1) is 11.3 Å². The van der Waals surface area contributed by atoms with Crippen LogP contribution in [0.2, 0.25) is 0 Å². The lowest BCUT2D eigenvalue weighted by atomic mass is 10.1. The van der Waals surface area contributed by atoms with E-state index < -0.39 is 0 Å². The van der Waals surface area contributed by atoms with E-state index in [1.165, 1.54) is 6.92 Å². The first-order valence-electron chi connectivity index (χ1n) is 13.3. The van der Waals surface area contributed by atoms with E-state index in [2.05, 4.69) is 40.7 Å². The first kappa shape index (κ1) is 27.7. The first-order chi connectivity index (χ1) is 20.0. The number of nitrogens with one attached hydrogen (secondary N) is 2. The van der Waals surface area contributed by atoms with Crippen molar-refractivity contribution in [2.24, 2.45) is 0 Å². The van der Waals surface area contributed by atoms with Gasteiger partial charge >= 0.3 is 0 Å². The molecule has 5 rings (SSSR count). The number of nitriles is 1. The number of carbonyl (C=O) groups excluding carboxylic acids is 1. The number of hydrogen-bond acceptors (Lipinski definition) is 7. The molecule has 204 valence electrons. The van der Waals surface area contributed by atoms with Crippen LogP contribution in [0.25, 0.3) is 11.0 Å². The molecule has 0 bridgehead atoms. The topological polar surface area (TPSA) is 99.9 Å². The molecule has 0 saturated carbocycles. The quantitative estimate of drug-likeness (QED) is 0.179. The van der Waals surface area contributed by atoms with E-state index in [1.54, 1.807) is 30.1 Å². The van der Waals surface area contributed by atoms with Gasteiger partial charge in [-0.25, -0.2) is 9.97 Å². The number of ether oxygens (including phenoxy) is 1. The lowest BCUT2D eigenvalue weighted by Gasteiger charge is -2.16. The Labute approximate surface area is 243 Å². The maximum atomic E-state index is 11.4. The van der Waals surface area contributed by atoms with Crippen LogP contribution in [0.5, 0.6) is 5.75 Å². The molecular formula is C33H29N5O2S. The number of carbonyl (C=O) groups is 1. The predicted molar refractivity (Wildman–Crippen MR) is 164 cm³/mol. The fourth-order valence-electron chi connectivity index (χ4n) is 4.28. The summed E-state index contributed by atoms with van der Waals surface area (Å²) in [6, 6.07) is 29.3. The first-order valence-corrected chi connectivity index (χ1v) is 14.2. The van der Waals surface area contributed by atoms with E-state index in [-0.39, 0.29) is 5.91 Å². The molecule has 0 atom stereocenters. The van der Waals surface area contributed by atoms with Gasteiger partial charge in [-0.1, -0.05) is 37.2 Å². The molecule has 0 radical (unpaired) electrons. The van der Waals surface area contributed by atoms with Gasteiger partial charge in [0.2, 0.25) is 5.91 Å². The second-order valence-electron chi connectivity index (χ2n) is 9.47. The Bertz CT molecular complexity index is 1710. The van der Waals surface area contributed by atoms with Gasteiger partial charge in [0.25, 0.3) is 0 Å². The average Bonchev–Trinajstić information content (AvgIpc) is 2.98. The van der Waals surface area contributed by atoms with Crippen molar-refractivity contribution in [1.29, 1.82) is 5.26 Å². The maximum Gasteiger partial charge on any atom is 0.221 e. The zero-order valence-electron chi connectivity index (χ0n) is 22.8. The highest BCUT2D eigenvalue weighted by atomic mass is 32.2. The highest BCUT2D eigenvalue weighted by Crippen LogP contribution is 2.38. The zero-order valence-corrected chi connectivity index (χ0v) is 23.7. The number of pyridine rings is 2. The molecule has 5 aromatic rings. The summed E-state index contributed by atoms with van der Waals surface area (Å²) in [6.45, 7) is 4.01. The summed E-state index contributed by atoms with van der Waals surface area (Å²) in [5.74, 6) is 0.610. The molecule has 0 spiro atoms. The van der Waals surface area contributed by atoms with Crippen molar-refractivity contribution in [3.8, 4) is 11.8 Å². The summed E-state index contributed by atoms with van der Waals surface area (Å²) in [6.07, 6.45) is 3.71. The number of hydrogen-bond donors (Lipinski definition) is 2. The molecule has 0 saturated heterocycles. The van der Waals surface area contributed by atoms with Gasteiger partial charge < -0.3 is 15.4 Å². The fourth-order valence-corrected chi connectivity index (χ4v) is 5.16. The SMILES string of the molecule is CCCc1ccc2c(Nc3cc(OCc4ccc(C#N)cc4)ccc3Sc3ccc(NC(C)=O)cc3)ccnc2n1. The van der Waals surface area contributed by atoms with Crippen molar-refractivity contribution in [1.82, 2.24) is 9.97 Å². The fraction of sp³-hybridized carbons (Fsp3) is 0.152. The van der Waals surface area contributed by atoms with Crippen molar-refractivity contribution in [2.75, 3.05) is 10.6 Å². The maximum absolute atomic E-state index is 11.4. The summed E-state index contributed by atoms with van der Waals surface area (Å²) in [5.41, 5.74) is 5.86. The standard InChI is InChI=1S/C33H29N5O2S/c1-3-4-25-11-15-29-30(17-18-35-33(29)37-25)38-31-19-27(40-21-24-7-5-23(20-34)6-8-24)12-16-32(31)41-28-13-9-26(10-14-28)36-22(2)39/h5-19H,3-4,21H2,1-2H3,(H,36,39)(H,35,37,38). The van der Waals surface area contributed by atoms with Gasteiger partial charge in [-0.2, -0.15) is 5.26 Å². The van der Waals surface area contributed by atoms with E-state index in [0.717, 1.165) is 56.3 Å².